The third kappa shape index (κ3) is 3.25. The SMILES string of the molecule is CC(=O)CC(=O)c1cccc(S(=O)(=O)O)c1. The molecule has 1 aromatic carbocycles. The van der Waals surface area contributed by atoms with Crippen molar-refractivity contribution in [2.75, 3.05) is 0 Å². The second-order valence-electron chi connectivity index (χ2n) is 3.30. The summed E-state index contributed by atoms with van der Waals surface area (Å²) in [5.41, 5.74) is 0.0883. The van der Waals surface area contributed by atoms with E-state index >= 15 is 0 Å². The third-order valence-electron chi connectivity index (χ3n) is 1.86. The Hall–Kier alpha value is -1.53. The molecule has 0 spiro atoms. The van der Waals surface area contributed by atoms with Crippen molar-refractivity contribution in [3.63, 3.8) is 0 Å². The number of Topliss-reactive ketones (excluding diaryl/α,β-unsaturated/α-hetero) is 2. The lowest BCUT2D eigenvalue weighted by molar-refractivity contribution is -0.116. The molecule has 0 unspecified atom stereocenters. The Morgan fingerprint density at radius 2 is 1.94 bits per heavy atom. The zero-order valence-corrected chi connectivity index (χ0v) is 9.32. The fourth-order valence-corrected chi connectivity index (χ4v) is 1.68. The molecule has 6 heteroatoms. The summed E-state index contributed by atoms with van der Waals surface area (Å²) in [6, 6.07) is 4.93. The summed E-state index contributed by atoms with van der Waals surface area (Å²) in [4.78, 5) is 21.8. The second-order valence-corrected chi connectivity index (χ2v) is 4.73. The molecule has 0 aliphatic rings. The molecule has 16 heavy (non-hydrogen) atoms. The van der Waals surface area contributed by atoms with Crippen LogP contribution in [0.3, 0.4) is 0 Å². The molecule has 5 nitrogen and oxygen atoms in total. The summed E-state index contributed by atoms with van der Waals surface area (Å²) in [7, 11) is -4.32. The van der Waals surface area contributed by atoms with Crippen LogP contribution < -0.4 is 0 Å². The van der Waals surface area contributed by atoms with E-state index in [2.05, 4.69) is 0 Å². The van der Waals surface area contributed by atoms with Gasteiger partial charge in [-0.1, -0.05) is 12.1 Å². The first-order valence-corrected chi connectivity index (χ1v) is 5.85. The monoisotopic (exact) mass is 242 g/mol. The number of carbonyl (C=O) groups is 2. The smallest absolute Gasteiger partial charge is 0.294 e. The van der Waals surface area contributed by atoms with Crippen LogP contribution in [0.5, 0.6) is 0 Å². The Bertz CT molecular complexity index is 530. The van der Waals surface area contributed by atoms with Gasteiger partial charge in [0.05, 0.1) is 11.3 Å². The Kier molecular flexibility index (Phi) is 3.56. The summed E-state index contributed by atoms with van der Waals surface area (Å²) >= 11 is 0. The zero-order chi connectivity index (χ0) is 12.3. The van der Waals surface area contributed by atoms with Crippen molar-refractivity contribution in [2.24, 2.45) is 0 Å². The molecule has 0 aliphatic heterocycles. The van der Waals surface area contributed by atoms with Crippen LogP contribution in [-0.4, -0.2) is 24.5 Å². The zero-order valence-electron chi connectivity index (χ0n) is 8.50. The molecule has 0 aromatic heterocycles. The fourth-order valence-electron chi connectivity index (χ4n) is 1.16. The van der Waals surface area contributed by atoms with E-state index in [1.165, 1.54) is 25.1 Å². The van der Waals surface area contributed by atoms with Crippen molar-refractivity contribution in [3.05, 3.63) is 29.8 Å². The predicted molar refractivity (Wildman–Crippen MR) is 55.9 cm³/mol. The van der Waals surface area contributed by atoms with E-state index < -0.39 is 15.9 Å². The van der Waals surface area contributed by atoms with Crippen molar-refractivity contribution in [1.29, 1.82) is 0 Å². The average Bonchev–Trinajstić information content (AvgIpc) is 2.15. The van der Waals surface area contributed by atoms with E-state index in [1.807, 2.05) is 0 Å². The summed E-state index contributed by atoms with van der Waals surface area (Å²) in [6.07, 6.45) is -0.283. The van der Waals surface area contributed by atoms with Crippen LogP contribution in [0, 0.1) is 0 Å². The van der Waals surface area contributed by atoms with Gasteiger partial charge in [-0.15, -0.1) is 0 Å². The molecule has 86 valence electrons. The Labute approximate surface area is 92.8 Å². The number of rotatable bonds is 4. The first kappa shape index (κ1) is 12.5. The molecular formula is C10H10O5S. The van der Waals surface area contributed by atoms with E-state index in [0.29, 0.717) is 0 Å². The maximum absolute atomic E-state index is 11.4. The molecule has 0 bridgehead atoms. The van der Waals surface area contributed by atoms with Crippen molar-refractivity contribution in [1.82, 2.24) is 0 Å². The maximum Gasteiger partial charge on any atom is 0.294 e. The van der Waals surface area contributed by atoms with Gasteiger partial charge in [-0.25, -0.2) is 0 Å². The Balaban J connectivity index is 3.09. The third-order valence-corrected chi connectivity index (χ3v) is 2.71. The normalized spacial score (nSPS) is 11.1. The van der Waals surface area contributed by atoms with Gasteiger partial charge in [0, 0.05) is 5.56 Å². The van der Waals surface area contributed by atoms with Gasteiger partial charge in [-0.3, -0.25) is 14.1 Å². The molecule has 0 radical (unpaired) electrons. The van der Waals surface area contributed by atoms with E-state index in [0.717, 1.165) is 6.07 Å². The summed E-state index contributed by atoms with van der Waals surface area (Å²) in [6.45, 7) is 1.27. The minimum Gasteiger partial charge on any atom is -0.300 e. The molecule has 1 aromatic rings. The van der Waals surface area contributed by atoms with Gasteiger partial charge in [0.2, 0.25) is 0 Å². The number of benzene rings is 1. The van der Waals surface area contributed by atoms with E-state index in [4.69, 9.17) is 4.55 Å². The van der Waals surface area contributed by atoms with Crippen molar-refractivity contribution in [3.8, 4) is 0 Å². The van der Waals surface area contributed by atoms with E-state index in [-0.39, 0.29) is 22.7 Å². The minimum atomic E-state index is -4.32. The van der Waals surface area contributed by atoms with Crippen LogP contribution in [0.2, 0.25) is 0 Å². The highest BCUT2D eigenvalue weighted by Crippen LogP contribution is 2.12. The number of hydrogen-bond donors (Lipinski definition) is 1. The first-order valence-electron chi connectivity index (χ1n) is 4.41. The van der Waals surface area contributed by atoms with Crippen LogP contribution in [0.15, 0.2) is 29.2 Å². The second kappa shape index (κ2) is 4.54. The first-order chi connectivity index (χ1) is 7.30. The number of carbonyl (C=O) groups excluding carboxylic acids is 2. The molecular weight excluding hydrogens is 232 g/mol. The molecule has 0 saturated heterocycles. The lowest BCUT2D eigenvalue weighted by atomic mass is 10.1. The van der Waals surface area contributed by atoms with Crippen molar-refractivity contribution < 1.29 is 22.6 Å². The van der Waals surface area contributed by atoms with Gasteiger partial charge in [0.15, 0.2) is 5.78 Å². The van der Waals surface area contributed by atoms with Gasteiger partial charge < -0.3 is 0 Å². The molecule has 0 amide bonds. The van der Waals surface area contributed by atoms with Crippen LogP contribution in [0.1, 0.15) is 23.7 Å². The van der Waals surface area contributed by atoms with Gasteiger partial charge in [0.1, 0.15) is 5.78 Å². The van der Waals surface area contributed by atoms with Crippen molar-refractivity contribution in [2.45, 2.75) is 18.2 Å². The minimum absolute atomic E-state index is 0.0883. The standard InChI is InChI=1S/C10H10O5S/c1-7(11)5-10(12)8-3-2-4-9(6-8)16(13,14)15/h2-4,6H,5H2,1H3,(H,13,14,15). The van der Waals surface area contributed by atoms with Gasteiger partial charge >= 0.3 is 0 Å². The molecule has 1 rings (SSSR count). The fraction of sp³-hybridized carbons (Fsp3) is 0.200. The lowest BCUT2D eigenvalue weighted by Gasteiger charge is -2.01. The molecule has 0 atom stereocenters. The average molecular weight is 242 g/mol. The van der Waals surface area contributed by atoms with Crippen LogP contribution in [0.4, 0.5) is 0 Å². The Morgan fingerprint density at radius 3 is 2.44 bits per heavy atom. The number of ketones is 2. The lowest BCUT2D eigenvalue weighted by Crippen LogP contribution is -2.06. The van der Waals surface area contributed by atoms with Gasteiger partial charge in [0.25, 0.3) is 10.1 Å². The summed E-state index contributed by atoms with van der Waals surface area (Å²) in [5, 5.41) is 0. The Morgan fingerprint density at radius 1 is 1.31 bits per heavy atom. The highest BCUT2D eigenvalue weighted by atomic mass is 32.2. The summed E-state index contributed by atoms with van der Waals surface area (Å²) in [5.74, 6) is -0.778. The highest BCUT2D eigenvalue weighted by Gasteiger charge is 2.13. The van der Waals surface area contributed by atoms with E-state index in [9.17, 15) is 18.0 Å². The van der Waals surface area contributed by atoms with E-state index in [1.54, 1.807) is 0 Å². The van der Waals surface area contributed by atoms with Crippen LogP contribution in [0.25, 0.3) is 0 Å². The maximum atomic E-state index is 11.4. The predicted octanol–water partition coefficient (Wildman–Crippen LogP) is 1.10. The topological polar surface area (TPSA) is 88.5 Å². The van der Waals surface area contributed by atoms with Gasteiger partial charge in [-0.2, -0.15) is 8.42 Å². The summed E-state index contributed by atoms with van der Waals surface area (Å²) < 4.78 is 30.4. The van der Waals surface area contributed by atoms with Crippen LogP contribution in [-0.2, 0) is 14.9 Å². The number of hydrogen-bond acceptors (Lipinski definition) is 4. The molecule has 0 heterocycles. The largest absolute Gasteiger partial charge is 0.300 e. The molecule has 1 N–H and O–H groups in total. The quantitative estimate of drug-likeness (QED) is 0.485. The van der Waals surface area contributed by atoms with Gasteiger partial charge in [-0.05, 0) is 19.1 Å². The molecule has 0 aliphatic carbocycles. The highest BCUT2D eigenvalue weighted by molar-refractivity contribution is 7.85. The van der Waals surface area contributed by atoms with Crippen molar-refractivity contribution >= 4 is 21.7 Å². The van der Waals surface area contributed by atoms with Crippen LogP contribution >= 0.6 is 0 Å². The molecule has 0 saturated carbocycles. The molecule has 0 fully saturated rings.